The van der Waals surface area contributed by atoms with E-state index in [4.69, 9.17) is 22.9 Å². The SMILES string of the molecule is [C-]#[N+]c1ccc(Nc2ncnc(OCC3CC4CCC(C3)N4)c2C)c(Cl)c1. The smallest absolute Gasteiger partial charge is 0.221 e. The van der Waals surface area contributed by atoms with Crippen molar-refractivity contribution >= 4 is 28.8 Å². The van der Waals surface area contributed by atoms with Gasteiger partial charge in [-0.3, -0.25) is 0 Å². The lowest BCUT2D eigenvalue weighted by Gasteiger charge is -2.28. The Labute approximate surface area is 164 Å². The Morgan fingerprint density at radius 2 is 2.07 bits per heavy atom. The maximum atomic E-state index is 7.06. The van der Waals surface area contributed by atoms with Crippen LogP contribution in [0.5, 0.6) is 5.88 Å². The molecule has 27 heavy (non-hydrogen) atoms. The summed E-state index contributed by atoms with van der Waals surface area (Å²) in [5.41, 5.74) is 2.05. The number of nitrogens with zero attached hydrogens (tertiary/aromatic N) is 3. The average molecular weight is 384 g/mol. The van der Waals surface area contributed by atoms with Crippen LogP contribution in [0.25, 0.3) is 4.85 Å². The highest BCUT2D eigenvalue weighted by Crippen LogP contribution is 2.33. The van der Waals surface area contributed by atoms with E-state index in [2.05, 4.69) is 25.4 Å². The first-order chi connectivity index (χ1) is 13.1. The third kappa shape index (κ3) is 4.00. The van der Waals surface area contributed by atoms with Gasteiger partial charge in [-0.15, -0.1) is 0 Å². The molecule has 2 bridgehead atoms. The van der Waals surface area contributed by atoms with Gasteiger partial charge in [-0.1, -0.05) is 17.7 Å². The molecule has 0 radical (unpaired) electrons. The molecule has 0 spiro atoms. The molecule has 1 aromatic heterocycles. The average Bonchev–Trinajstić information content (AvgIpc) is 3.02. The van der Waals surface area contributed by atoms with E-state index in [-0.39, 0.29) is 0 Å². The molecule has 140 valence electrons. The van der Waals surface area contributed by atoms with Crippen molar-refractivity contribution in [2.24, 2.45) is 5.92 Å². The summed E-state index contributed by atoms with van der Waals surface area (Å²) in [6.45, 7) is 9.68. The van der Waals surface area contributed by atoms with Crippen molar-refractivity contribution in [1.82, 2.24) is 15.3 Å². The first-order valence-corrected chi connectivity index (χ1v) is 9.64. The van der Waals surface area contributed by atoms with Crippen LogP contribution in [0.3, 0.4) is 0 Å². The zero-order valence-corrected chi connectivity index (χ0v) is 16.0. The highest BCUT2D eigenvalue weighted by Gasteiger charge is 2.33. The summed E-state index contributed by atoms with van der Waals surface area (Å²) >= 11 is 6.26. The zero-order chi connectivity index (χ0) is 18.8. The monoisotopic (exact) mass is 383 g/mol. The van der Waals surface area contributed by atoms with Crippen LogP contribution in [0.4, 0.5) is 17.2 Å². The molecular weight excluding hydrogens is 362 g/mol. The van der Waals surface area contributed by atoms with E-state index in [9.17, 15) is 0 Å². The summed E-state index contributed by atoms with van der Waals surface area (Å²) in [6.07, 6.45) is 6.42. The van der Waals surface area contributed by atoms with Gasteiger partial charge in [0, 0.05) is 12.1 Å². The molecule has 2 aliphatic heterocycles. The lowest BCUT2D eigenvalue weighted by atomic mass is 9.93. The topological polar surface area (TPSA) is 63.4 Å². The Hall–Kier alpha value is -2.36. The fourth-order valence-corrected chi connectivity index (χ4v) is 4.24. The largest absolute Gasteiger partial charge is 0.477 e. The number of benzene rings is 1. The zero-order valence-electron chi connectivity index (χ0n) is 15.2. The number of rotatable bonds is 5. The van der Waals surface area contributed by atoms with Crippen molar-refractivity contribution in [3.8, 4) is 5.88 Å². The number of piperidine rings is 1. The Morgan fingerprint density at radius 3 is 2.78 bits per heavy atom. The number of ether oxygens (including phenoxy) is 1. The molecule has 2 N–H and O–H groups in total. The first-order valence-electron chi connectivity index (χ1n) is 9.27. The normalized spacial score (nSPS) is 23.7. The number of halogens is 1. The molecule has 2 fully saturated rings. The fourth-order valence-electron chi connectivity index (χ4n) is 4.02. The predicted octanol–water partition coefficient (Wildman–Crippen LogP) is 4.64. The second-order valence-corrected chi connectivity index (χ2v) is 7.75. The van der Waals surface area contributed by atoms with E-state index in [1.54, 1.807) is 18.2 Å². The van der Waals surface area contributed by atoms with Crippen LogP contribution in [0, 0.1) is 19.4 Å². The van der Waals surface area contributed by atoms with Crippen LogP contribution in [0.1, 0.15) is 31.2 Å². The quantitative estimate of drug-likeness (QED) is 0.736. The summed E-state index contributed by atoms with van der Waals surface area (Å²) in [4.78, 5) is 12.0. The molecule has 7 heteroatoms. The van der Waals surface area contributed by atoms with E-state index < -0.39 is 0 Å². The number of fused-ring (bicyclic) bond motifs is 2. The minimum Gasteiger partial charge on any atom is -0.477 e. The van der Waals surface area contributed by atoms with Crippen molar-refractivity contribution in [3.63, 3.8) is 0 Å². The molecule has 2 unspecified atom stereocenters. The van der Waals surface area contributed by atoms with Crippen molar-refractivity contribution in [3.05, 3.63) is 46.5 Å². The molecule has 0 saturated carbocycles. The second kappa shape index (κ2) is 7.71. The van der Waals surface area contributed by atoms with Crippen molar-refractivity contribution < 1.29 is 4.74 Å². The summed E-state index contributed by atoms with van der Waals surface area (Å²) in [7, 11) is 0. The Kier molecular flexibility index (Phi) is 5.15. The highest BCUT2D eigenvalue weighted by molar-refractivity contribution is 6.33. The van der Waals surface area contributed by atoms with Gasteiger partial charge in [0.1, 0.15) is 12.1 Å². The number of aromatic nitrogens is 2. The predicted molar refractivity (Wildman–Crippen MR) is 106 cm³/mol. The number of hydrogen-bond donors (Lipinski definition) is 2. The molecule has 2 saturated heterocycles. The van der Waals surface area contributed by atoms with Crippen molar-refractivity contribution in [1.29, 1.82) is 0 Å². The Balaban J connectivity index is 1.44. The van der Waals surface area contributed by atoms with Gasteiger partial charge in [-0.25, -0.2) is 14.8 Å². The van der Waals surface area contributed by atoms with Gasteiger partial charge in [-0.2, -0.15) is 0 Å². The molecule has 2 atom stereocenters. The van der Waals surface area contributed by atoms with Gasteiger partial charge in [0.05, 0.1) is 29.5 Å². The molecule has 6 nitrogen and oxygen atoms in total. The third-order valence-electron chi connectivity index (χ3n) is 5.40. The standard InChI is InChI=1S/C20H22ClN5O/c1-12-19(26-18-6-5-14(22-2)9-17(18)21)23-11-24-20(12)27-10-13-7-15-3-4-16(8-13)25-15/h5-6,9,11,13,15-16,25H,3-4,7-8,10H2,1H3,(H,23,24,26). The fraction of sp³-hybridized carbons (Fsp3) is 0.450. The summed E-state index contributed by atoms with van der Waals surface area (Å²) in [5, 5.41) is 7.36. The van der Waals surface area contributed by atoms with Crippen LogP contribution >= 0.6 is 11.6 Å². The van der Waals surface area contributed by atoms with Gasteiger partial charge in [-0.05, 0) is 50.7 Å². The van der Waals surface area contributed by atoms with Crippen LogP contribution in [0.2, 0.25) is 5.02 Å². The molecule has 2 aliphatic rings. The van der Waals surface area contributed by atoms with E-state index >= 15 is 0 Å². The first kappa shape index (κ1) is 18.0. The maximum absolute atomic E-state index is 7.06. The minimum absolute atomic E-state index is 0.481. The summed E-state index contributed by atoms with van der Waals surface area (Å²) < 4.78 is 6.05. The van der Waals surface area contributed by atoms with Gasteiger partial charge in [0.25, 0.3) is 0 Å². The van der Waals surface area contributed by atoms with Gasteiger partial charge >= 0.3 is 0 Å². The lowest BCUT2D eigenvalue weighted by molar-refractivity contribution is 0.184. The minimum atomic E-state index is 0.481. The lowest BCUT2D eigenvalue weighted by Crippen LogP contribution is -2.39. The van der Waals surface area contributed by atoms with E-state index in [0.717, 1.165) is 5.56 Å². The Bertz CT molecular complexity index is 869. The number of hydrogen-bond acceptors (Lipinski definition) is 5. The molecule has 0 aliphatic carbocycles. The third-order valence-corrected chi connectivity index (χ3v) is 5.71. The molecule has 0 amide bonds. The van der Waals surface area contributed by atoms with Crippen LogP contribution < -0.4 is 15.4 Å². The molecule has 2 aromatic rings. The van der Waals surface area contributed by atoms with Crippen molar-refractivity contribution in [2.45, 2.75) is 44.7 Å². The maximum Gasteiger partial charge on any atom is 0.221 e. The second-order valence-electron chi connectivity index (χ2n) is 7.34. The summed E-state index contributed by atoms with van der Waals surface area (Å²) in [5.74, 6) is 1.83. The number of anilines is 2. The number of nitrogens with one attached hydrogen (secondary N) is 2. The molecule has 4 rings (SSSR count). The van der Waals surface area contributed by atoms with E-state index in [0.29, 0.717) is 52.7 Å². The van der Waals surface area contributed by atoms with Crippen LogP contribution in [-0.4, -0.2) is 28.7 Å². The van der Waals surface area contributed by atoms with E-state index in [1.165, 1.54) is 32.0 Å². The van der Waals surface area contributed by atoms with E-state index in [1.807, 2.05) is 6.92 Å². The van der Waals surface area contributed by atoms with Crippen molar-refractivity contribution in [2.75, 3.05) is 11.9 Å². The van der Waals surface area contributed by atoms with Gasteiger partial charge in [0.15, 0.2) is 5.69 Å². The van der Waals surface area contributed by atoms with Gasteiger partial charge in [0.2, 0.25) is 5.88 Å². The van der Waals surface area contributed by atoms with Crippen LogP contribution in [0.15, 0.2) is 24.5 Å². The molecule has 3 heterocycles. The molecular formula is C20H22ClN5O. The van der Waals surface area contributed by atoms with Crippen LogP contribution in [-0.2, 0) is 0 Å². The summed E-state index contributed by atoms with van der Waals surface area (Å²) in [6, 6.07) is 6.45. The Morgan fingerprint density at radius 1 is 1.30 bits per heavy atom. The van der Waals surface area contributed by atoms with Gasteiger partial charge < -0.3 is 15.4 Å². The molecule has 1 aromatic carbocycles. The highest BCUT2D eigenvalue weighted by atomic mass is 35.5.